The molecule has 1 aromatic rings. The predicted molar refractivity (Wildman–Crippen MR) is 124 cm³/mol. The van der Waals surface area contributed by atoms with E-state index in [0.717, 1.165) is 5.69 Å². The summed E-state index contributed by atoms with van der Waals surface area (Å²) in [6.45, 7) is 2.22. The maximum atomic E-state index is 13.8. The lowest BCUT2D eigenvalue weighted by molar-refractivity contribution is -0.181. The van der Waals surface area contributed by atoms with Crippen LogP contribution < -0.4 is 10.6 Å². The Bertz CT molecular complexity index is 1190. The Labute approximate surface area is 207 Å². The van der Waals surface area contributed by atoms with Crippen LogP contribution in [0.25, 0.3) is 0 Å². The number of phenols is 1. The van der Waals surface area contributed by atoms with Gasteiger partial charge in [-0.2, -0.15) is 0 Å². The van der Waals surface area contributed by atoms with Gasteiger partial charge in [0.25, 0.3) is 0 Å². The number of primary amides is 1. The molecule has 0 radical (unpaired) electrons. The largest absolute Gasteiger partial charge is 0.507 e. The molecule has 1 amide bonds. The fourth-order valence-electron chi connectivity index (χ4n) is 6.69. The van der Waals surface area contributed by atoms with E-state index in [9.17, 15) is 34.2 Å². The number of anilines is 1. The van der Waals surface area contributed by atoms with Crippen molar-refractivity contribution in [2.45, 2.75) is 24.5 Å². The van der Waals surface area contributed by atoms with Crippen molar-refractivity contribution in [2.75, 3.05) is 45.3 Å². The number of morpholine rings is 1. The summed E-state index contributed by atoms with van der Waals surface area (Å²) in [5.74, 6) is -10.4. The highest BCUT2D eigenvalue weighted by molar-refractivity contribution is 6.32. The van der Waals surface area contributed by atoms with Crippen LogP contribution in [0.4, 0.5) is 5.69 Å². The van der Waals surface area contributed by atoms with Gasteiger partial charge in [0, 0.05) is 24.7 Å². The summed E-state index contributed by atoms with van der Waals surface area (Å²) in [7, 11) is 3.12. The van der Waals surface area contributed by atoms with Gasteiger partial charge in [-0.15, -0.1) is 0 Å². The number of benzene rings is 1. The first-order chi connectivity index (χ1) is 17.0. The third kappa shape index (κ3) is 3.26. The number of ether oxygens (including phenoxy) is 1. The maximum absolute atomic E-state index is 13.8. The number of aromatic hydroxyl groups is 1. The molecule has 1 aromatic carbocycles. The summed E-state index contributed by atoms with van der Waals surface area (Å²) in [4.78, 5) is 69.5. The maximum Gasteiger partial charge on any atom is 0.235 e. The Morgan fingerprint density at radius 3 is 2.42 bits per heavy atom. The zero-order chi connectivity index (χ0) is 26.1. The van der Waals surface area contributed by atoms with E-state index in [4.69, 9.17) is 10.5 Å². The molecule has 4 aliphatic rings. The molecule has 192 valence electrons. The topological polar surface area (TPSA) is 168 Å². The molecular weight excluding hydrogens is 470 g/mol. The van der Waals surface area contributed by atoms with Crippen molar-refractivity contribution in [1.29, 1.82) is 0 Å². The second-order valence-corrected chi connectivity index (χ2v) is 10.3. The highest BCUT2D eigenvalue weighted by Crippen LogP contribution is 2.51. The van der Waals surface area contributed by atoms with Gasteiger partial charge >= 0.3 is 0 Å². The normalized spacial score (nSPS) is 34.3. The Morgan fingerprint density at radius 1 is 1.14 bits per heavy atom. The van der Waals surface area contributed by atoms with E-state index in [1.54, 1.807) is 20.2 Å². The molecule has 11 nitrogen and oxygen atoms in total. The van der Waals surface area contributed by atoms with Crippen LogP contribution in [0.2, 0.25) is 0 Å². The molecule has 6 atom stereocenters. The van der Waals surface area contributed by atoms with Crippen molar-refractivity contribution in [1.82, 2.24) is 4.90 Å². The van der Waals surface area contributed by atoms with E-state index < -0.39 is 64.4 Å². The summed E-state index contributed by atoms with van der Waals surface area (Å²) < 4.78 is 5.43. The van der Waals surface area contributed by atoms with Crippen LogP contribution in [0.15, 0.2) is 12.1 Å². The van der Waals surface area contributed by atoms with Crippen molar-refractivity contribution in [2.24, 2.45) is 29.4 Å². The lowest BCUT2D eigenvalue weighted by Gasteiger charge is -2.52. The number of aliphatic hydroxyl groups is 1. The minimum absolute atomic E-state index is 0.00517. The van der Waals surface area contributed by atoms with Gasteiger partial charge in [-0.1, -0.05) is 0 Å². The van der Waals surface area contributed by atoms with Gasteiger partial charge < -0.3 is 25.6 Å². The van der Waals surface area contributed by atoms with Crippen molar-refractivity contribution < 1.29 is 38.9 Å². The molecule has 36 heavy (non-hydrogen) atoms. The van der Waals surface area contributed by atoms with E-state index in [1.807, 2.05) is 0 Å². The van der Waals surface area contributed by atoms with Gasteiger partial charge in [0.15, 0.2) is 34.7 Å². The molecule has 2 saturated carbocycles. The van der Waals surface area contributed by atoms with Crippen LogP contribution in [0.1, 0.15) is 22.3 Å². The number of nitrogens with zero attached hydrogens (tertiary/aromatic N) is 2. The molecule has 2 unspecified atom stereocenters. The van der Waals surface area contributed by atoms with E-state index >= 15 is 0 Å². The Hall–Kier alpha value is -3.15. The second kappa shape index (κ2) is 8.46. The zero-order valence-electron chi connectivity index (χ0n) is 20.1. The molecule has 5 rings (SSSR count). The van der Waals surface area contributed by atoms with Crippen LogP contribution in [0, 0.1) is 23.7 Å². The summed E-state index contributed by atoms with van der Waals surface area (Å²) >= 11 is 0. The molecule has 3 fully saturated rings. The van der Waals surface area contributed by atoms with Gasteiger partial charge in [-0.25, -0.2) is 0 Å². The molecular formula is C25H29N3O8. The SMILES string of the molecule is CN(C)[C@@H]1C(=O)C(C(N)=O)C(=O)[C@@]2(O)C(=O)C3C(=O)c4c(O)ccc(N5CCOCC5)c4C[C@H]3C[C@@H]12. The minimum atomic E-state index is -2.71. The molecule has 1 saturated heterocycles. The van der Waals surface area contributed by atoms with Crippen LogP contribution in [0.5, 0.6) is 5.75 Å². The van der Waals surface area contributed by atoms with Gasteiger partial charge in [0.05, 0.1) is 30.7 Å². The van der Waals surface area contributed by atoms with Gasteiger partial charge in [-0.3, -0.25) is 28.9 Å². The first-order valence-electron chi connectivity index (χ1n) is 12.0. The lowest BCUT2D eigenvalue weighted by Crippen LogP contribution is -2.74. The van der Waals surface area contributed by atoms with Crippen molar-refractivity contribution in [3.8, 4) is 5.75 Å². The molecule has 4 N–H and O–H groups in total. The number of carbonyl (C=O) groups excluding carboxylic acids is 5. The van der Waals surface area contributed by atoms with Crippen LogP contribution in [-0.4, -0.2) is 96.2 Å². The minimum Gasteiger partial charge on any atom is -0.507 e. The van der Waals surface area contributed by atoms with Crippen molar-refractivity contribution in [3.05, 3.63) is 23.3 Å². The molecule has 0 bridgehead atoms. The monoisotopic (exact) mass is 499 g/mol. The summed E-state index contributed by atoms with van der Waals surface area (Å²) in [5, 5.41) is 22.2. The van der Waals surface area contributed by atoms with Crippen LogP contribution >= 0.6 is 0 Å². The quantitative estimate of drug-likeness (QED) is 0.425. The number of amides is 1. The number of nitrogens with two attached hydrogens (primary N) is 1. The molecule has 0 spiro atoms. The smallest absolute Gasteiger partial charge is 0.235 e. The third-order valence-corrected chi connectivity index (χ3v) is 8.27. The second-order valence-electron chi connectivity index (χ2n) is 10.3. The van der Waals surface area contributed by atoms with E-state index in [1.165, 1.54) is 11.0 Å². The molecule has 11 heteroatoms. The number of ketones is 4. The number of carbonyl (C=O) groups is 5. The van der Waals surface area contributed by atoms with Crippen LogP contribution in [-0.2, 0) is 30.3 Å². The number of hydrogen-bond acceptors (Lipinski definition) is 10. The Morgan fingerprint density at radius 2 is 1.81 bits per heavy atom. The molecule has 0 aromatic heterocycles. The summed E-state index contributed by atoms with van der Waals surface area (Å²) in [6, 6.07) is 2.03. The Kier molecular flexibility index (Phi) is 5.77. The standard InChI is InChI=1S/C25H29N3O8/c1-27(2)19-13-10-11-9-12-14(28-5-7-36-8-6-28)3-4-15(29)17(12)20(30)16(11)22(32)25(13,35)23(33)18(21(19)31)24(26)34/h3-4,11,13,16,18-19,29,35H,5-10H2,1-2H3,(H2,26,34)/t11-,13-,16?,18?,19-,25-/m0/s1. The fraction of sp³-hybridized carbons (Fsp3) is 0.560. The number of hydrogen-bond donors (Lipinski definition) is 3. The highest BCUT2D eigenvalue weighted by atomic mass is 16.5. The number of rotatable bonds is 3. The average Bonchev–Trinajstić information content (AvgIpc) is 2.81. The Balaban J connectivity index is 1.62. The number of fused-ring (bicyclic) bond motifs is 3. The van der Waals surface area contributed by atoms with E-state index in [-0.39, 0.29) is 24.2 Å². The summed E-state index contributed by atoms with van der Waals surface area (Å²) in [6.07, 6.45) is 0.273. The third-order valence-electron chi connectivity index (χ3n) is 8.27. The first-order valence-corrected chi connectivity index (χ1v) is 12.0. The van der Waals surface area contributed by atoms with E-state index in [0.29, 0.717) is 31.9 Å². The molecule has 1 heterocycles. The average molecular weight is 500 g/mol. The van der Waals surface area contributed by atoms with Gasteiger partial charge in [0.1, 0.15) is 5.75 Å². The lowest BCUT2D eigenvalue weighted by atomic mass is 9.52. The number of Topliss-reactive ketones (excluding diaryl/α,β-unsaturated/α-hetero) is 4. The highest BCUT2D eigenvalue weighted by Gasteiger charge is 2.69. The van der Waals surface area contributed by atoms with Gasteiger partial charge in [-0.05, 0) is 50.6 Å². The van der Waals surface area contributed by atoms with Gasteiger partial charge in [0.2, 0.25) is 5.91 Å². The molecule has 1 aliphatic heterocycles. The van der Waals surface area contributed by atoms with Crippen LogP contribution in [0.3, 0.4) is 0 Å². The number of phenolic OH excluding ortho intramolecular Hbond substituents is 1. The molecule has 3 aliphatic carbocycles. The number of likely N-dealkylation sites (N-methyl/N-ethyl adjacent to an activating group) is 1. The summed E-state index contributed by atoms with van der Waals surface area (Å²) in [5.41, 5.74) is 3.99. The van der Waals surface area contributed by atoms with Crippen molar-refractivity contribution >= 4 is 34.7 Å². The van der Waals surface area contributed by atoms with Crippen molar-refractivity contribution in [3.63, 3.8) is 0 Å². The van der Waals surface area contributed by atoms with E-state index in [2.05, 4.69) is 4.90 Å². The zero-order valence-corrected chi connectivity index (χ0v) is 20.1. The predicted octanol–water partition coefficient (Wildman–Crippen LogP) is -1.30. The first kappa shape index (κ1) is 24.5. The fourth-order valence-corrected chi connectivity index (χ4v) is 6.69.